The van der Waals surface area contributed by atoms with E-state index < -0.39 is 47.2 Å². The summed E-state index contributed by atoms with van der Waals surface area (Å²) in [5.41, 5.74) is 4.77. The highest BCUT2D eigenvalue weighted by Gasteiger charge is 2.44. The highest BCUT2D eigenvalue weighted by molar-refractivity contribution is 7.98. The van der Waals surface area contributed by atoms with Crippen LogP contribution < -0.4 is 0 Å². The maximum absolute atomic E-state index is 13.9. The molecule has 11 nitrogen and oxygen atoms in total. The van der Waals surface area contributed by atoms with Gasteiger partial charge in [-0.15, -0.1) is 0 Å². The van der Waals surface area contributed by atoms with Crippen molar-refractivity contribution in [3.05, 3.63) is 179 Å². The van der Waals surface area contributed by atoms with Crippen LogP contribution >= 0.6 is 11.8 Å². The molecule has 0 aromatic heterocycles. The summed E-state index contributed by atoms with van der Waals surface area (Å²) in [6.07, 6.45) is 1.89. The third kappa shape index (κ3) is 14.1. The van der Waals surface area contributed by atoms with Gasteiger partial charge in [0.2, 0.25) is 11.8 Å². The van der Waals surface area contributed by atoms with Crippen molar-refractivity contribution in [3.8, 4) is 0 Å². The van der Waals surface area contributed by atoms with Crippen LogP contribution in [-0.2, 0) is 48.7 Å². The van der Waals surface area contributed by atoms with E-state index in [1.165, 1.54) is 24.7 Å². The summed E-state index contributed by atoms with van der Waals surface area (Å²) in [5, 5.41) is 0. The second kappa shape index (κ2) is 25.0. The normalized spacial score (nSPS) is 18.2. The maximum Gasteiger partial charge on any atom is 0.328 e. The number of esters is 2. The van der Waals surface area contributed by atoms with Crippen LogP contribution in [0.3, 0.4) is 0 Å². The Balaban J connectivity index is 0.000000235. The Hall–Kier alpha value is -5.83. The number of carbonyl (C=O) groups is 4. The van der Waals surface area contributed by atoms with Crippen molar-refractivity contribution in [1.82, 2.24) is 9.80 Å². The zero-order valence-electron chi connectivity index (χ0n) is 37.8. The molecule has 14 heteroatoms. The molecule has 2 aliphatic heterocycles. The number of amides is 2. The van der Waals surface area contributed by atoms with Crippen LogP contribution in [-0.4, -0.2) is 107 Å². The first kappa shape index (κ1) is 48.6. The van der Waals surface area contributed by atoms with Crippen LogP contribution in [0.2, 0.25) is 0 Å². The molecule has 0 bridgehead atoms. The van der Waals surface area contributed by atoms with E-state index in [0.29, 0.717) is 13.0 Å². The molecule has 2 saturated heterocycles. The lowest BCUT2D eigenvalue weighted by Gasteiger charge is -2.28. The first-order valence-electron chi connectivity index (χ1n) is 21.9. The van der Waals surface area contributed by atoms with Crippen LogP contribution in [0.15, 0.2) is 152 Å². The number of halogens is 1. The summed E-state index contributed by atoms with van der Waals surface area (Å²) in [7, 11) is -1.94. The van der Waals surface area contributed by atoms with Crippen LogP contribution in [0.1, 0.15) is 53.9 Å². The predicted molar refractivity (Wildman–Crippen MR) is 251 cm³/mol. The van der Waals surface area contributed by atoms with E-state index in [2.05, 4.69) is 12.1 Å². The van der Waals surface area contributed by atoms with Gasteiger partial charge in [-0.3, -0.25) is 18.2 Å². The van der Waals surface area contributed by atoms with E-state index in [4.69, 9.17) is 15.0 Å². The number of alkyl halides is 1. The third-order valence-electron chi connectivity index (χ3n) is 11.3. The monoisotopic (exact) mass is 925 g/mol. The molecule has 0 N–H and O–H groups in total. The fraction of sp³-hybridized carbons (Fsp3) is 0.333. The number of carbonyl (C=O) groups excluding carboxylic acids is 4. The highest BCUT2D eigenvalue weighted by atomic mass is 32.2. The Bertz CT molecular complexity index is 2310. The van der Waals surface area contributed by atoms with E-state index in [9.17, 15) is 32.0 Å². The van der Waals surface area contributed by atoms with Crippen molar-refractivity contribution >= 4 is 45.6 Å². The maximum atomic E-state index is 13.9. The number of hydrogen-bond donors (Lipinski definition) is 0. The van der Waals surface area contributed by atoms with Gasteiger partial charge in [0, 0.05) is 24.8 Å². The second-order valence-corrected chi connectivity index (χ2v) is 18.4. The van der Waals surface area contributed by atoms with Gasteiger partial charge in [-0.05, 0) is 52.3 Å². The Morgan fingerprint density at radius 2 is 0.969 bits per heavy atom. The highest BCUT2D eigenvalue weighted by Crippen LogP contribution is 2.35. The van der Waals surface area contributed by atoms with Crippen LogP contribution in [0.5, 0.6) is 0 Å². The molecular formula is C51H57FN2O9S2. The van der Waals surface area contributed by atoms with Gasteiger partial charge in [0.05, 0.1) is 47.4 Å². The van der Waals surface area contributed by atoms with E-state index in [0.717, 1.165) is 40.0 Å². The molecule has 2 aliphatic rings. The molecule has 5 aromatic carbocycles. The number of methoxy groups -OCH3 is 2. The first-order valence-corrected chi connectivity index (χ1v) is 24.1. The average molecular weight is 926 g/mol. The molecule has 7 rings (SSSR count). The van der Waals surface area contributed by atoms with Gasteiger partial charge >= 0.3 is 11.9 Å². The van der Waals surface area contributed by atoms with Crippen molar-refractivity contribution in [2.45, 2.75) is 42.5 Å². The Kier molecular flexibility index (Phi) is 18.7. The SMILES string of the molecule is COC(=O)[C@@H]1C[C@H](COS(C)(=O)=O)CN1C(=O)C(c1ccccc1)c1ccccc1.COC(=O)[C@@H]1C[C@H](CSCc2ccccc2)CN1C(=O)C(c1ccccc1)c1ccccc1.[2H]CF. The molecule has 0 aliphatic carbocycles. The Morgan fingerprint density at radius 3 is 1.32 bits per heavy atom. The summed E-state index contributed by atoms with van der Waals surface area (Å²) in [4.78, 5) is 55.9. The topological polar surface area (TPSA) is 137 Å². The molecule has 344 valence electrons. The van der Waals surface area contributed by atoms with Crippen LogP contribution in [0.4, 0.5) is 4.39 Å². The molecule has 2 amide bonds. The minimum atomic E-state index is -3.61. The van der Waals surface area contributed by atoms with Gasteiger partial charge in [0.15, 0.2) is 0 Å². The molecule has 4 atom stereocenters. The molecule has 0 unspecified atom stereocenters. The van der Waals surface area contributed by atoms with E-state index in [-0.39, 0.29) is 49.2 Å². The van der Waals surface area contributed by atoms with E-state index in [1.807, 2.05) is 151 Å². The van der Waals surface area contributed by atoms with Crippen molar-refractivity contribution in [2.75, 3.05) is 53.1 Å². The minimum Gasteiger partial charge on any atom is -0.467 e. The lowest BCUT2D eigenvalue weighted by atomic mass is 9.90. The van der Waals surface area contributed by atoms with Gasteiger partial charge in [-0.1, -0.05) is 152 Å². The van der Waals surface area contributed by atoms with Gasteiger partial charge in [0.1, 0.15) is 12.1 Å². The van der Waals surface area contributed by atoms with Gasteiger partial charge in [-0.25, -0.2) is 9.59 Å². The standard InChI is InChI=1S/C28H29NO3S.C22H25NO6S.CH3F/c1-32-28(31)25-17-22(20-33-19-21-11-5-2-6-12-21)18-29(25)27(30)26(23-13-7-3-8-14-23)24-15-9-4-10-16-24;1-28-22(25)19-13-16(15-29-30(2,26)27)14-23(19)21(24)20(17-9-5-3-6-10-17)18-11-7-4-8-12-18;1-2/h2-16,22,25-26H,17-20H2,1H3;3-12,16,19-20H,13-15H2,1-2H3;1H3/t22-,25-;16-,19-;/m00./s1/i;;1D. The van der Waals surface area contributed by atoms with E-state index >= 15 is 0 Å². The van der Waals surface area contributed by atoms with Crippen LogP contribution in [0, 0.1) is 11.8 Å². The predicted octanol–water partition coefficient (Wildman–Crippen LogP) is 7.91. The third-order valence-corrected chi connectivity index (χ3v) is 13.1. The summed E-state index contributed by atoms with van der Waals surface area (Å²) >= 11 is 1.85. The molecule has 2 heterocycles. The Labute approximate surface area is 387 Å². The smallest absolute Gasteiger partial charge is 0.328 e. The zero-order chi connectivity index (χ0) is 47.5. The summed E-state index contributed by atoms with van der Waals surface area (Å²) < 4.78 is 53.1. The largest absolute Gasteiger partial charge is 0.467 e. The van der Waals surface area contributed by atoms with E-state index in [1.54, 1.807) is 4.90 Å². The first-order chi connectivity index (χ1) is 31.9. The average Bonchev–Trinajstić information content (AvgIpc) is 3.98. The zero-order valence-corrected chi connectivity index (χ0v) is 38.5. The summed E-state index contributed by atoms with van der Waals surface area (Å²) in [5.74, 6) is -0.395. The molecule has 0 radical (unpaired) electrons. The van der Waals surface area contributed by atoms with Crippen molar-refractivity contribution < 1.29 is 47.0 Å². The molecule has 0 spiro atoms. The number of thioether (sulfide) groups is 1. The number of nitrogens with zero attached hydrogens (tertiary/aromatic N) is 2. The Morgan fingerprint density at radius 1 is 0.631 bits per heavy atom. The van der Waals surface area contributed by atoms with Gasteiger partial charge in [0.25, 0.3) is 10.1 Å². The quantitative estimate of drug-likeness (QED) is 0.0753. The molecule has 2 fully saturated rings. The second-order valence-electron chi connectivity index (χ2n) is 15.8. The number of benzene rings is 5. The van der Waals surface area contributed by atoms with Crippen molar-refractivity contribution in [1.29, 1.82) is 0 Å². The number of rotatable bonds is 15. The fourth-order valence-electron chi connectivity index (χ4n) is 8.30. The molecule has 0 saturated carbocycles. The fourth-order valence-corrected chi connectivity index (χ4v) is 9.86. The van der Waals surface area contributed by atoms with Crippen molar-refractivity contribution in [2.24, 2.45) is 11.8 Å². The lowest BCUT2D eigenvalue weighted by molar-refractivity contribution is -0.151. The molecular weight excluding hydrogens is 868 g/mol. The van der Waals surface area contributed by atoms with Gasteiger partial charge < -0.3 is 19.3 Å². The minimum absolute atomic E-state index is 0.0432. The van der Waals surface area contributed by atoms with Crippen molar-refractivity contribution in [3.63, 3.8) is 0 Å². The number of likely N-dealkylation sites (tertiary alicyclic amines) is 2. The molecule has 5 aromatic rings. The van der Waals surface area contributed by atoms with Crippen LogP contribution in [0.25, 0.3) is 0 Å². The summed E-state index contributed by atoms with van der Waals surface area (Å²) in [6.45, 7) is 0.693. The lowest BCUT2D eigenvalue weighted by Crippen LogP contribution is -2.43. The number of hydrogen-bond acceptors (Lipinski definition) is 10. The summed E-state index contributed by atoms with van der Waals surface area (Å²) in [6, 6.07) is 47.4. The molecule has 65 heavy (non-hydrogen) atoms. The number of ether oxygens (including phenoxy) is 2. The van der Waals surface area contributed by atoms with Gasteiger partial charge in [-0.2, -0.15) is 20.2 Å².